The van der Waals surface area contributed by atoms with Crippen LogP contribution in [0.25, 0.3) is 0 Å². The Hall–Kier alpha value is -2.00. The number of phenols is 2. The van der Waals surface area contributed by atoms with Crippen LogP contribution in [0.4, 0.5) is 0 Å². The van der Waals surface area contributed by atoms with Crippen LogP contribution in [0.15, 0.2) is 48.5 Å². The Labute approximate surface area is 118 Å². The van der Waals surface area contributed by atoms with Crippen molar-refractivity contribution < 1.29 is 14.9 Å². The molecule has 3 nitrogen and oxygen atoms in total. The summed E-state index contributed by atoms with van der Waals surface area (Å²) in [6.07, 6.45) is 1.81. The first-order chi connectivity index (χ1) is 9.71. The van der Waals surface area contributed by atoms with Gasteiger partial charge in [-0.2, -0.15) is 0 Å². The molecule has 0 radical (unpaired) electrons. The predicted molar refractivity (Wildman–Crippen MR) is 77.0 cm³/mol. The Morgan fingerprint density at radius 1 is 0.700 bits per heavy atom. The van der Waals surface area contributed by atoms with Crippen LogP contribution in [-0.4, -0.2) is 23.4 Å². The molecule has 2 aromatic carbocycles. The summed E-state index contributed by atoms with van der Waals surface area (Å²) in [5.41, 5.74) is 2.27. The summed E-state index contributed by atoms with van der Waals surface area (Å²) in [6, 6.07) is 14.8. The normalized spacial score (nSPS) is 17.8. The highest BCUT2D eigenvalue weighted by Gasteiger charge is 2.36. The Morgan fingerprint density at radius 2 is 1.10 bits per heavy atom. The molecule has 3 rings (SSSR count). The average molecular weight is 270 g/mol. The zero-order chi connectivity index (χ0) is 14.0. The summed E-state index contributed by atoms with van der Waals surface area (Å²) in [6.45, 7) is 1.45. The van der Waals surface area contributed by atoms with Gasteiger partial charge >= 0.3 is 0 Å². The van der Waals surface area contributed by atoms with E-state index < -0.39 is 0 Å². The largest absolute Gasteiger partial charge is 0.508 e. The molecule has 1 fully saturated rings. The smallest absolute Gasteiger partial charge is 0.115 e. The average Bonchev–Trinajstić information content (AvgIpc) is 2.49. The molecule has 20 heavy (non-hydrogen) atoms. The van der Waals surface area contributed by atoms with Crippen LogP contribution in [0.1, 0.15) is 24.0 Å². The van der Waals surface area contributed by atoms with Crippen molar-refractivity contribution in [2.45, 2.75) is 18.3 Å². The second-order valence-electron chi connectivity index (χ2n) is 5.29. The molecule has 1 aliphatic rings. The first-order valence-electron chi connectivity index (χ1n) is 6.87. The lowest BCUT2D eigenvalue weighted by Gasteiger charge is -2.38. The van der Waals surface area contributed by atoms with Gasteiger partial charge in [0.25, 0.3) is 0 Å². The Morgan fingerprint density at radius 3 is 1.50 bits per heavy atom. The highest BCUT2D eigenvalue weighted by Crippen LogP contribution is 2.41. The second-order valence-corrected chi connectivity index (χ2v) is 5.29. The predicted octanol–water partition coefficient (Wildman–Crippen LogP) is 3.19. The SMILES string of the molecule is Oc1ccc(C2(c3ccc(O)cc3)CCOCC2)cc1. The van der Waals surface area contributed by atoms with Gasteiger partial charge in [0.05, 0.1) is 0 Å². The van der Waals surface area contributed by atoms with Crippen molar-refractivity contribution in [3.8, 4) is 11.5 Å². The summed E-state index contributed by atoms with van der Waals surface area (Å²) >= 11 is 0. The van der Waals surface area contributed by atoms with Crippen LogP contribution in [0.3, 0.4) is 0 Å². The van der Waals surface area contributed by atoms with Gasteiger partial charge in [-0.3, -0.25) is 0 Å². The van der Waals surface area contributed by atoms with E-state index in [9.17, 15) is 10.2 Å². The lowest BCUT2D eigenvalue weighted by atomic mass is 9.69. The van der Waals surface area contributed by atoms with Crippen molar-refractivity contribution in [3.63, 3.8) is 0 Å². The number of hydrogen-bond donors (Lipinski definition) is 2. The second kappa shape index (κ2) is 5.17. The van der Waals surface area contributed by atoms with E-state index in [0.29, 0.717) is 0 Å². The van der Waals surface area contributed by atoms with Gasteiger partial charge in [0.2, 0.25) is 0 Å². The molecule has 104 valence electrons. The van der Waals surface area contributed by atoms with Crippen LogP contribution in [0.5, 0.6) is 11.5 Å². The van der Waals surface area contributed by atoms with Crippen LogP contribution in [0.2, 0.25) is 0 Å². The van der Waals surface area contributed by atoms with Gasteiger partial charge in [-0.1, -0.05) is 24.3 Å². The molecule has 3 heteroatoms. The van der Waals surface area contributed by atoms with Gasteiger partial charge in [-0.15, -0.1) is 0 Å². The lowest BCUT2D eigenvalue weighted by molar-refractivity contribution is 0.0631. The van der Waals surface area contributed by atoms with E-state index in [0.717, 1.165) is 26.1 Å². The molecule has 0 saturated carbocycles. The highest BCUT2D eigenvalue weighted by molar-refractivity contribution is 5.43. The maximum absolute atomic E-state index is 9.49. The van der Waals surface area contributed by atoms with Crippen LogP contribution in [-0.2, 0) is 10.2 Å². The van der Waals surface area contributed by atoms with E-state index in [-0.39, 0.29) is 16.9 Å². The van der Waals surface area contributed by atoms with Crippen LogP contribution >= 0.6 is 0 Å². The number of phenolic OH excluding ortho intramolecular Hbond substituents is 2. The monoisotopic (exact) mass is 270 g/mol. The quantitative estimate of drug-likeness (QED) is 0.881. The van der Waals surface area contributed by atoms with Crippen molar-refractivity contribution in [1.82, 2.24) is 0 Å². The van der Waals surface area contributed by atoms with Gasteiger partial charge in [-0.25, -0.2) is 0 Å². The fourth-order valence-electron chi connectivity index (χ4n) is 3.02. The van der Waals surface area contributed by atoms with Gasteiger partial charge in [-0.05, 0) is 48.2 Å². The number of ether oxygens (including phenoxy) is 1. The first-order valence-corrected chi connectivity index (χ1v) is 6.87. The fourth-order valence-corrected chi connectivity index (χ4v) is 3.02. The molecule has 1 saturated heterocycles. The minimum absolute atomic E-state index is 0.0976. The van der Waals surface area contributed by atoms with Crippen molar-refractivity contribution in [2.24, 2.45) is 0 Å². The van der Waals surface area contributed by atoms with Gasteiger partial charge in [0.15, 0.2) is 0 Å². The summed E-state index contributed by atoms with van der Waals surface area (Å²) in [7, 11) is 0. The summed E-state index contributed by atoms with van der Waals surface area (Å²) in [4.78, 5) is 0. The van der Waals surface area contributed by atoms with E-state index in [2.05, 4.69) is 0 Å². The third-order valence-electron chi connectivity index (χ3n) is 4.19. The maximum Gasteiger partial charge on any atom is 0.115 e. The zero-order valence-corrected chi connectivity index (χ0v) is 11.2. The zero-order valence-electron chi connectivity index (χ0n) is 11.2. The Kier molecular flexibility index (Phi) is 3.36. The van der Waals surface area contributed by atoms with E-state index in [1.807, 2.05) is 24.3 Å². The molecule has 2 aromatic rings. The van der Waals surface area contributed by atoms with E-state index >= 15 is 0 Å². The molecule has 0 amide bonds. The molecule has 0 aliphatic carbocycles. The summed E-state index contributed by atoms with van der Waals surface area (Å²) in [5, 5.41) is 19.0. The molecule has 0 atom stereocenters. The summed E-state index contributed by atoms with van der Waals surface area (Å²) < 4.78 is 5.52. The first kappa shape index (κ1) is 13.0. The third-order valence-corrected chi connectivity index (χ3v) is 4.19. The van der Waals surface area contributed by atoms with Gasteiger partial charge in [0.1, 0.15) is 11.5 Å². The number of aromatic hydroxyl groups is 2. The molecule has 1 aliphatic heterocycles. The Bertz CT molecular complexity index is 519. The standard InChI is InChI=1S/C17H18O3/c18-15-5-1-13(2-6-15)17(9-11-20-12-10-17)14-3-7-16(19)8-4-14/h1-8,18-19H,9-12H2. The summed E-state index contributed by atoms with van der Waals surface area (Å²) in [5.74, 6) is 0.559. The third kappa shape index (κ3) is 2.25. The lowest BCUT2D eigenvalue weighted by Crippen LogP contribution is -2.34. The topological polar surface area (TPSA) is 49.7 Å². The number of benzene rings is 2. The van der Waals surface area contributed by atoms with Crippen molar-refractivity contribution in [3.05, 3.63) is 59.7 Å². The van der Waals surface area contributed by atoms with Gasteiger partial charge < -0.3 is 14.9 Å². The molecule has 1 heterocycles. The molecule has 2 N–H and O–H groups in total. The fraction of sp³-hybridized carbons (Fsp3) is 0.294. The minimum Gasteiger partial charge on any atom is -0.508 e. The van der Waals surface area contributed by atoms with E-state index in [1.165, 1.54) is 11.1 Å². The highest BCUT2D eigenvalue weighted by atomic mass is 16.5. The van der Waals surface area contributed by atoms with E-state index in [4.69, 9.17) is 4.74 Å². The maximum atomic E-state index is 9.49. The molecule has 0 aromatic heterocycles. The Balaban J connectivity index is 2.08. The molecule has 0 bridgehead atoms. The van der Waals surface area contributed by atoms with E-state index in [1.54, 1.807) is 24.3 Å². The van der Waals surface area contributed by atoms with Crippen LogP contribution < -0.4 is 0 Å². The van der Waals surface area contributed by atoms with Crippen LogP contribution in [0, 0.1) is 0 Å². The number of hydrogen-bond acceptors (Lipinski definition) is 3. The molecule has 0 spiro atoms. The molecular weight excluding hydrogens is 252 g/mol. The van der Waals surface area contributed by atoms with Crippen molar-refractivity contribution in [1.29, 1.82) is 0 Å². The molecule has 0 unspecified atom stereocenters. The molecular formula is C17H18O3. The minimum atomic E-state index is -0.0976. The van der Waals surface area contributed by atoms with Crippen molar-refractivity contribution >= 4 is 0 Å². The van der Waals surface area contributed by atoms with Gasteiger partial charge in [0, 0.05) is 18.6 Å². The van der Waals surface area contributed by atoms with Crippen molar-refractivity contribution in [2.75, 3.05) is 13.2 Å². The number of rotatable bonds is 2.